The van der Waals surface area contributed by atoms with Crippen molar-refractivity contribution in [2.45, 2.75) is 40.3 Å². The highest BCUT2D eigenvalue weighted by atomic mass is 15.3. The summed E-state index contributed by atoms with van der Waals surface area (Å²) in [5.74, 6) is 0. The monoisotopic (exact) mass is 181 g/mol. The second-order valence-electron chi connectivity index (χ2n) is 4.57. The number of rotatable bonds is 2. The van der Waals surface area contributed by atoms with Crippen LogP contribution in [0.4, 0.5) is 0 Å². The zero-order valence-electron chi connectivity index (χ0n) is 8.91. The molecule has 3 nitrogen and oxygen atoms in total. The molecule has 0 saturated carbocycles. The third-order valence-corrected chi connectivity index (χ3v) is 2.54. The van der Waals surface area contributed by atoms with Crippen molar-refractivity contribution in [2.24, 2.45) is 11.1 Å². The van der Waals surface area contributed by atoms with Gasteiger partial charge >= 0.3 is 0 Å². The third kappa shape index (κ3) is 2.31. The van der Waals surface area contributed by atoms with Gasteiger partial charge < -0.3 is 5.73 Å². The van der Waals surface area contributed by atoms with Gasteiger partial charge in [-0.05, 0) is 12.3 Å². The molecule has 0 bridgehead atoms. The maximum atomic E-state index is 5.52. The fourth-order valence-corrected chi connectivity index (χ4v) is 1.09. The first kappa shape index (κ1) is 10.3. The van der Waals surface area contributed by atoms with Crippen molar-refractivity contribution in [1.29, 1.82) is 0 Å². The van der Waals surface area contributed by atoms with Crippen LogP contribution < -0.4 is 5.73 Å². The Kier molecular flexibility index (Phi) is 2.76. The Bertz CT molecular complexity index is 270. The first-order valence-corrected chi connectivity index (χ1v) is 4.68. The lowest BCUT2D eigenvalue weighted by Gasteiger charge is -2.27. The van der Waals surface area contributed by atoms with E-state index in [1.807, 2.05) is 17.1 Å². The summed E-state index contributed by atoms with van der Waals surface area (Å²) in [4.78, 5) is 0. The molecule has 0 aromatic carbocycles. The SMILES string of the molecule is CC(n1cc(CN)cn1)C(C)(C)C. The van der Waals surface area contributed by atoms with Crippen LogP contribution in [0.5, 0.6) is 0 Å². The van der Waals surface area contributed by atoms with Crippen LogP contribution in [0, 0.1) is 5.41 Å². The Morgan fingerprint density at radius 2 is 2.15 bits per heavy atom. The molecule has 2 N–H and O–H groups in total. The molecule has 3 heteroatoms. The van der Waals surface area contributed by atoms with E-state index in [4.69, 9.17) is 5.73 Å². The molecule has 1 aromatic heterocycles. The summed E-state index contributed by atoms with van der Waals surface area (Å²) in [7, 11) is 0. The van der Waals surface area contributed by atoms with Crippen LogP contribution in [0.25, 0.3) is 0 Å². The summed E-state index contributed by atoms with van der Waals surface area (Å²) >= 11 is 0. The van der Waals surface area contributed by atoms with Crippen LogP contribution in [0.2, 0.25) is 0 Å². The van der Waals surface area contributed by atoms with Gasteiger partial charge in [-0.15, -0.1) is 0 Å². The van der Waals surface area contributed by atoms with E-state index in [1.54, 1.807) is 0 Å². The molecular weight excluding hydrogens is 162 g/mol. The van der Waals surface area contributed by atoms with Crippen LogP contribution in [-0.4, -0.2) is 9.78 Å². The van der Waals surface area contributed by atoms with E-state index in [-0.39, 0.29) is 5.41 Å². The summed E-state index contributed by atoms with van der Waals surface area (Å²) < 4.78 is 1.99. The average molecular weight is 181 g/mol. The van der Waals surface area contributed by atoms with Gasteiger partial charge in [0.1, 0.15) is 0 Å². The lowest BCUT2D eigenvalue weighted by Crippen LogP contribution is -2.21. The van der Waals surface area contributed by atoms with E-state index in [9.17, 15) is 0 Å². The van der Waals surface area contributed by atoms with Gasteiger partial charge in [0.2, 0.25) is 0 Å². The van der Waals surface area contributed by atoms with Gasteiger partial charge in [-0.3, -0.25) is 4.68 Å². The summed E-state index contributed by atoms with van der Waals surface area (Å²) in [5.41, 5.74) is 6.85. The lowest BCUT2D eigenvalue weighted by molar-refractivity contribution is 0.244. The van der Waals surface area contributed by atoms with E-state index in [0.29, 0.717) is 12.6 Å². The van der Waals surface area contributed by atoms with E-state index in [1.165, 1.54) is 0 Å². The zero-order valence-corrected chi connectivity index (χ0v) is 8.91. The smallest absolute Gasteiger partial charge is 0.0539 e. The average Bonchev–Trinajstić information content (AvgIpc) is 2.48. The lowest BCUT2D eigenvalue weighted by atomic mass is 9.88. The first-order chi connectivity index (χ1) is 5.95. The van der Waals surface area contributed by atoms with E-state index in [2.05, 4.69) is 32.8 Å². The second kappa shape index (κ2) is 3.50. The van der Waals surface area contributed by atoms with Gasteiger partial charge in [0.05, 0.1) is 12.2 Å². The highest BCUT2D eigenvalue weighted by molar-refractivity contribution is 5.03. The molecule has 0 fully saturated rings. The molecule has 0 aliphatic rings. The molecule has 74 valence electrons. The molecular formula is C10H19N3. The maximum absolute atomic E-state index is 5.52. The van der Waals surface area contributed by atoms with Gasteiger partial charge in [0.25, 0.3) is 0 Å². The van der Waals surface area contributed by atoms with Crippen LogP contribution in [0.1, 0.15) is 39.3 Å². The van der Waals surface area contributed by atoms with Crippen molar-refractivity contribution in [1.82, 2.24) is 9.78 Å². The van der Waals surface area contributed by atoms with E-state index in [0.717, 1.165) is 5.56 Å². The van der Waals surface area contributed by atoms with Crippen molar-refractivity contribution in [3.63, 3.8) is 0 Å². The first-order valence-electron chi connectivity index (χ1n) is 4.68. The number of nitrogens with zero attached hydrogens (tertiary/aromatic N) is 2. The highest BCUT2D eigenvalue weighted by Crippen LogP contribution is 2.29. The Morgan fingerprint density at radius 3 is 2.54 bits per heavy atom. The predicted octanol–water partition coefficient (Wildman–Crippen LogP) is 1.95. The van der Waals surface area contributed by atoms with Crippen molar-refractivity contribution in [3.05, 3.63) is 18.0 Å². The van der Waals surface area contributed by atoms with E-state index < -0.39 is 0 Å². The predicted molar refractivity (Wildman–Crippen MR) is 54.3 cm³/mol. The Morgan fingerprint density at radius 1 is 1.54 bits per heavy atom. The Balaban J connectivity index is 2.83. The van der Waals surface area contributed by atoms with Crippen LogP contribution >= 0.6 is 0 Å². The minimum Gasteiger partial charge on any atom is -0.326 e. The zero-order chi connectivity index (χ0) is 10.1. The van der Waals surface area contributed by atoms with Gasteiger partial charge in [0, 0.05) is 18.3 Å². The molecule has 0 spiro atoms. The molecule has 13 heavy (non-hydrogen) atoms. The summed E-state index contributed by atoms with van der Waals surface area (Å²) in [5, 5.41) is 4.29. The van der Waals surface area contributed by atoms with Crippen LogP contribution in [-0.2, 0) is 6.54 Å². The van der Waals surface area contributed by atoms with Crippen molar-refractivity contribution < 1.29 is 0 Å². The molecule has 1 unspecified atom stereocenters. The number of aromatic nitrogens is 2. The Labute approximate surface area is 79.9 Å². The maximum Gasteiger partial charge on any atom is 0.0539 e. The molecule has 0 radical (unpaired) electrons. The highest BCUT2D eigenvalue weighted by Gasteiger charge is 2.21. The largest absolute Gasteiger partial charge is 0.326 e. The molecule has 0 saturated heterocycles. The summed E-state index contributed by atoms with van der Waals surface area (Å²) in [6.07, 6.45) is 3.86. The fraction of sp³-hybridized carbons (Fsp3) is 0.700. The molecule has 1 aromatic rings. The van der Waals surface area contributed by atoms with Crippen molar-refractivity contribution in [3.8, 4) is 0 Å². The van der Waals surface area contributed by atoms with Gasteiger partial charge in [-0.2, -0.15) is 5.10 Å². The van der Waals surface area contributed by atoms with Gasteiger partial charge in [0.15, 0.2) is 0 Å². The molecule has 1 atom stereocenters. The Hall–Kier alpha value is -0.830. The molecule has 0 aliphatic carbocycles. The van der Waals surface area contributed by atoms with Crippen molar-refractivity contribution in [2.75, 3.05) is 0 Å². The summed E-state index contributed by atoms with van der Waals surface area (Å²) in [6, 6.07) is 0.396. The van der Waals surface area contributed by atoms with Crippen LogP contribution in [0.3, 0.4) is 0 Å². The van der Waals surface area contributed by atoms with Gasteiger partial charge in [-0.1, -0.05) is 20.8 Å². The van der Waals surface area contributed by atoms with Crippen LogP contribution in [0.15, 0.2) is 12.4 Å². The normalized spacial score (nSPS) is 14.5. The number of hydrogen-bond acceptors (Lipinski definition) is 2. The molecule has 1 heterocycles. The fourth-order valence-electron chi connectivity index (χ4n) is 1.09. The van der Waals surface area contributed by atoms with Crippen molar-refractivity contribution >= 4 is 0 Å². The number of hydrogen-bond donors (Lipinski definition) is 1. The summed E-state index contributed by atoms with van der Waals surface area (Å²) in [6.45, 7) is 9.37. The topological polar surface area (TPSA) is 43.8 Å². The quantitative estimate of drug-likeness (QED) is 0.757. The molecule has 0 amide bonds. The number of nitrogens with two attached hydrogens (primary N) is 1. The molecule has 0 aliphatic heterocycles. The van der Waals surface area contributed by atoms with E-state index >= 15 is 0 Å². The standard InChI is InChI=1S/C10H19N3/c1-8(10(2,3)4)13-7-9(5-11)6-12-13/h6-8H,5,11H2,1-4H3. The molecule has 1 rings (SSSR count). The van der Waals surface area contributed by atoms with Gasteiger partial charge in [-0.25, -0.2) is 0 Å². The minimum atomic E-state index is 0.234. The third-order valence-electron chi connectivity index (χ3n) is 2.54. The minimum absolute atomic E-state index is 0.234. The second-order valence-corrected chi connectivity index (χ2v) is 4.57.